The van der Waals surface area contributed by atoms with Crippen molar-refractivity contribution in [1.29, 1.82) is 0 Å². The SMILES string of the molecule is CC[C@@]1(CCC(=O)NCCCOC(C)C)CCC(=O)N1. The first-order valence-corrected chi connectivity index (χ1v) is 7.67. The monoisotopic (exact) mass is 284 g/mol. The summed E-state index contributed by atoms with van der Waals surface area (Å²) in [6.45, 7) is 7.38. The minimum absolute atomic E-state index is 0.0588. The Balaban J connectivity index is 2.14. The Bertz CT molecular complexity index is 331. The van der Waals surface area contributed by atoms with E-state index >= 15 is 0 Å². The topological polar surface area (TPSA) is 67.4 Å². The lowest BCUT2D eigenvalue weighted by Crippen LogP contribution is -2.42. The van der Waals surface area contributed by atoms with Crippen LogP contribution in [0, 0.1) is 0 Å². The molecule has 1 aliphatic heterocycles. The van der Waals surface area contributed by atoms with Crippen LogP contribution in [0.5, 0.6) is 0 Å². The maximum atomic E-state index is 11.8. The standard InChI is InChI=1S/C15H28N2O3/c1-4-15(9-7-14(19)17-15)8-6-13(18)16-10-5-11-20-12(2)3/h12H,4-11H2,1-3H3,(H,16,18)(H,17,19)/t15-/m1/s1. The van der Waals surface area contributed by atoms with E-state index in [1.165, 1.54) is 0 Å². The molecule has 0 aromatic rings. The van der Waals surface area contributed by atoms with E-state index < -0.39 is 0 Å². The third kappa shape index (κ3) is 5.90. The van der Waals surface area contributed by atoms with Gasteiger partial charge in [0.15, 0.2) is 0 Å². The predicted octanol–water partition coefficient (Wildman–Crippen LogP) is 1.76. The number of amides is 2. The molecular formula is C15H28N2O3. The summed E-state index contributed by atoms with van der Waals surface area (Å²) >= 11 is 0. The molecule has 1 aliphatic rings. The van der Waals surface area contributed by atoms with Crippen molar-refractivity contribution in [2.75, 3.05) is 13.2 Å². The van der Waals surface area contributed by atoms with Crippen molar-refractivity contribution in [1.82, 2.24) is 10.6 Å². The van der Waals surface area contributed by atoms with E-state index in [9.17, 15) is 9.59 Å². The van der Waals surface area contributed by atoms with Gasteiger partial charge in [-0.05, 0) is 39.5 Å². The van der Waals surface area contributed by atoms with Crippen LogP contribution >= 0.6 is 0 Å². The van der Waals surface area contributed by atoms with E-state index in [2.05, 4.69) is 17.6 Å². The van der Waals surface area contributed by atoms with Gasteiger partial charge in [0.2, 0.25) is 11.8 Å². The second kappa shape index (κ2) is 8.25. The summed E-state index contributed by atoms with van der Waals surface area (Å²) in [5.74, 6) is 0.168. The molecule has 1 heterocycles. The second-order valence-electron chi connectivity index (χ2n) is 5.81. The Morgan fingerprint density at radius 2 is 2.25 bits per heavy atom. The van der Waals surface area contributed by atoms with Crippen LogP contribution in [0.2, 0.25) is 0 Å². The molecule has 0 unspecified atom stereocenters. The summed E-state index contributed by atoms with van der Waals surface area (Å²) in [6.07, 6.45) is 4.58. The molecule has 0 bridgehead atoms. The summed E-state index contributed by atoms with van der Waals surface area (Å²) in [5, 5.41) is 5.92. The Morgan fingerprint density at radius 1 is 1.50 bits per heavy atom. The van der Waals surface area contributed by atoms with E-state index in [1.807, 2.05) is 13.8 Å². The van der Waals surface area contributed by atoms with Crippen molar-refractivity contribution in [3.05, 3.63) is 0 Å². The van der Waals surface area contributed by atoms with Crippen LogP contribution < -0.4 is 10.6 Å². The summed E-state index contributed by atoms with van der Waals surface area (Å²) in [6, 6.07) is 0. The molecule has 0 saturated carbocycles. The highest BCUT2D eigenvalue weighted by atomic mass is 16.5. The van der Waals surface area contributed by atoms with Crippen LogP contribution in [-0.2, 0) is 14.3 Å². The highest BCUT2D eigenvalue weighted by Crippen LogP contribution is 2.28. The number of nitrogens with one attached hydrogen (secondary N) is 2. The number of carbonyl (C=O) groups is 2. The van der Waals surface area contributed by atoms with Crippen LogP contribution in [0.1, 0.15) is 59.3 Å². The summed E-state index contributed by atoms with van der Waals surface area (Å²) in [4.78, 5) is 23.1. The van der Waals surface area contributed by atoms with Crippen molar-refractivity contribution >= 4 is 11.8 Å². The number of carbonyl (C=O) groups excluding carboxylic acids is 2. The van der Waals surface area contributed by atoms with Gasteiger partial charge in [0.25, 0.3) is 0 Å². The molecule has 116 valence electrons. The quantitative estimate of drug-likeness (QED) is 0.634. The first kappa shape index (κ1) is 17.0. The first-order chi connectivity index (χ1) is 9.47. The van der Waals surface area contributed by atoms with E-state index in [0.717, 1.165) is 25.7 Å². The minimum atomic E-state index is -0.158. The molecule has 0 aromatic carbocycles. The van der Waals surface area contributed by atoms with E-state index in [1.54, 1.807) is 0 Å². The van der Waals surface area contributed by atoms with E-state index in [0.29, 0.717) is 26.0 Å². The van der Waals surface area contributed by atoms with Gasteiger partial charge in [-0.3, -0.25) is 9.59 Å². The number of hydrogen-bond donors (Lipinski definition) is 2. The number of ether oxygens (including phenoxy) is 1. The zero-order valence-corrected chi connectivity index (χ0v) is 13.0. The molecule has 5 nitrogen and oxygen atoms in total. The number of hydrogen-bond acceptors (Lipinski definition) is 3. The van der Waals surface area contributed by atoms with Crippen LogP contribution in [0.15, 0.2) is 0 Å². The van der Waals surface area contributed by atoms with Crippen molar-refractivity contribution in [2.45, 2.75) is 70.9 Å². The van der Waals surface area contributed by atoms with Gasteiger partial charge in [-0.2, -0.15) is 0 Å². The van der Waals surface area contributed by atoms with E-state index in [4.69, 9.17) is 4.74 Å². The van der Waals surface area contributed by atoms with Gasteiger partial charge in [0.1, 0.15) is 0 Å². The largest absolute Gasteiger partial charge is 0.379 e. The third-order valence-corrected chi connectivity index (χ3v) is 3.84. The zero-order valence-electron chi connectivity index (χ0n) is 13.0. The molecular weight excluding hydrogens is 256 g/mol. The lowest BCUT2D eigenvalue weighted by molar-refractivity contribution is -0.122. The second-order valence-corrected chi connectivity index (χ2v) is 5.81. The normalized spacial score (nSPS) is 22.1. The number of rotatable bonds is 9. The van der Waals surface area contributed by atoms with Gasteiger partial charge >= 0.3 is 0 Å². The Labute approximate surface area is 121 Å². The average Bonchev–Trinajstić information content (AvgIpc) is 2.78. The molecule has 0 radical (unpaired) electrons. The fourth-order valence-corrected chi connectivity index (χ4v) is 2.46. The van der Waals surface area contributed by atoms with Crippen molar-refractivity contribution in [2.24, 2.45) is 0 Å². The molecule has 5 heteroatoms. The molecule has 0 spiro atoms. The minimum Gasteiger partial charge on any atom is -0.379 e. The lowest BCUT2D eigenvalue weighted by atomic mass is 9.89. The van der Waals surface area contributed by atoms with Crippen LogP contribution in [-0.4, -0.2) is 36.6 Å². The van der Waals surface area contributed by atoms with E-state index in [-0.39, 0.29) is 23.5 Å². The molecule has 2 amide bonds. The highest BCUT2D eigenvalue weighted by Gasteiger charge is 2.35. The van der Waals surface area contributed by atoms with Gasteiger partial charge in [-0.15, -0.1) is 0 Å². The van der Waals surface area contributed by atoms with Gasteiger partial charge in [-0.1, -0.05) is 6.92 Å². The molecule has 1 saturated heterocycles. The van der Waals surface area contributed by atoms with Gasteiger partial charge in [0.05, 0.1) is 6.10 Å². The predicted molar refractivity (Wildman–Crippen MR) is 78.3 cm³/mol. The highest BCUT2D eigenvalue weighted by molar-refractivity contribution is 5.80. The maximum absolute atomic E-state index is 11.8. The summed E-state index contributed by atoms with van der Waals surface area (Å²) in [5.41, 5.74) is -0.158. The van der Waals surface area contributed by atoms with Gasteiger partial charge in [0, 0.05) is 31.5 Å². The third-order valence-electron chi connectivity index (χ3n) is 3.84. The van der Waals surface area contributed by atoms with Crippen molar-refractivity contribution in [3.8, 4) is 0 Å². The fourth-order valence-electron chi connectivity index (χ4n) is 2.46. The maximum Gasteiger partial charge on any atom is 0.220 e. The molecule has 0 aromatic heterocycles. The average molecular weight is 284 g/mol. The Kier molecular flexibility index (Phi) is 6.99. The summed E-state index contributed by atoms with van der Waals surface area (Å²) < 4.78 is 5.41. The molecule has 2 N–H and O–H groups in total. The molecule has 1 fully saturated rings. The van der Waals surface area contributed by atoms with Crippen LogP contribution in [0.3, 0.4) is 0 Å². The first-order valence-electron chi connectivity index (χ1n) is 7.67. The fraction of sp³-hybridized carbons (Fsp3) is 0.867. The molecule has 1 atom stereocenters. The zero-order chi connectivity index (χ0) is 15.0. The van der Waals surface area contributed by atoms with Crippen molar-refractivity contribution in [3.63, 3.8) is 0 Å². The smallest absolute Gasteiger partial charge is 0.220 e. The Hall–Kier alpha value is -1.10. The van der Waals surface area contributed by atoms with Gasteiger partial charge < -0.3 is 15.4 Å². The molecule has 1 rings (SSSR count). The molecule has 20 heavy (non-hydrogen) atoms. The van der Waals surface area contributed by atoms with Crippen molar-refractivity contribution < 1.29 is 14.3 Å². The van der Waals surface area contributed by atoms with Crippen LogP contribution in [0.25, 0.3) is 0 Å². The van der Waals surface area contributed by atoms with Gasteiger partial charge in [-0.25, -0.2) is 0 Å². The Morgan fingerprint density at radius 3 is 2.80 bits per heavy atom. The molecule has 0 aliphatic carbocycles. The lowest BCUT2D eigenvalue weighted by Gasteiger charge is -2.27. The van der Waals surface area contributed by atoms with Crippen LogP contribution in [0.4, 0.5) is 0 Å². The summed E-state index contributed by atoms with van der Waals surface area (Å²) in [7, 11) is 0.